The molecule has 9 fully saturated rings. The molecule has 28 heteroatoms. The molecule has 5 heterocycles. The molecule has 0 unspecified atom stereocenters. The molecule has 33 atom stereocenters. The third kappa shape index (κ3) is 10.7. The summed E-state index contributed by atoms with van der Waals surface area (Å²) in [6.45, 7) is 14.1. The van der Waals surface area contributed by atoms with E-state index in [1.165, 1.54) is 20.8 Å². The standard InChI is InChI=1S/C58H90O28/c1-21-30(62)33(65)43(84-48-37(69)34(66)40(22(2)80-48)81-46-35(67)31(63)26(60)19-77-46)50(79-21)86-52(76)58-15-13-53(3,4)17-24(58)23-9-10-28-54(5)18-25(59)44(57(8,51(74)75)29(54)11-12-56(28,7)55(23,6)14-16-58)85-49-39(71)41(38(70)42(83-49)45(72)73)82-47-36(68)32(64)27(61)20-78-47/h9,21-22,24-44,46-50,59-71H,10-20H2,1-8H3,(H,72,73)(H,74,75)/t21-,22-,24-,25-,26+,27+,28+,29+,30+,31-,32-,33+,34-,35+,36+,37+,38-,39+,40-,41-,42-,43-,44-,46-,47-,48-,49-,50-,54+,55+,56+,57-,58-/m0/s1. The van der Waals surface area contributed by atoms with Crippen LogP contribution in [-0.2, 0) is 61.8 Å². The Morgan fingerprint density at radius 2 is 1.07 bits per heavy atom. The molecule has 490 valence electrons. The molecule has 86 heavy (non-hydrogen) atoms. The highest BCUT2D eigenvalue weighted by Crippen LogP contribution is 2.76. The SMILES string of the molecule is C[C@@H]1O[C@@H](OC(=O)[C@]23CCC(C)(C)C[C@H]2C2=CC[C@@H]4[C@@]5(C)C[C@H](O)[C@H](O[C@@H]6O[C@H](C(=O)O)[C@@H](O)[C@H](O[C@@H]7OC[C@@H](O)[C@H](O)[C@H]7O)[C@H]6O)[C@@](C)(C(=O)O)[C@@H]5CC[C@@]4(C)[C@]2(C)CC3)[C@@H](O[C@@H]2O[C@@H](C)[C@H](O[C@@H]3OC[C@@H](O)[C@H](O)[C@H]3O)[C@@H](O)[C@H]2O)[C@H](O)[C@@H]1O. The molecule has 5 aliphatic carbocycles. The van der Waals surface area contributed by atoms with Gasteiger partial charge in [-0.15, -0.1) is 0 Å². The van der Waals surface area contributed by atoms with Crippen molar-refractivity contribution in [1.82, 2.24) is 0 Å². The normalized spacial score (nSPS) is 54.6. The lowest BCUT2D eigenvalue weighted by molar-refractivity contribution is -0.373. The quantitative estimate of drug-likeness (QED) is 0.0535. The zero-order chi connectivity index (χ0) is 63.0. The molecule has 15 N–H and O–H groups in total. The topological polar surface area (TPSA) is 447 Å². The highest BCUT2D eigenvalue weighted by molar-refractivity contribution is 5.79. The van der Waals surface area contributed by atoms with E-state index in [0.29, 0.717) is 51.4 Å². The number of esters is 1. The molecule has 0 aromatic carbocycles. The van der Waals surface area contributed by atoms with E-state index in [9.17, 15) is 86.2 Å². The number of aliphatic carboxylic acids is 2. The molecule has 0 amide bonds. The summed E-state index contributed by atoms with van der Waals surface area (Å²) in [6.07, 6.45) is -36.8. The van der Waals surface area contributed by atoms with Gasteiger partial charge in [0.15, 0.2) is 37.4 Å². The number of hydrogen-bond donors (Lipinski definition) is 15. The summed E-state index contributed by atoms with van der Waals surface area (Å²) in [4.78, 5) is 42.0. The van der Waals surface area contributed by atoms with Gasteiger partial charge in [-0.3, -0.25) is 9.59 Å². The number of carbonyl (C=O) groups excluding carboxylic acids is 1. The first-order valence-corrected chi connectivity index (χ1v) is 30.1. The summed E-state index contributed by atoms with van der Waals surface area (Å²) in [5, 5.41) is 164. The van der Waals surface area contributed by atoms with Crippen LogP contribution in [0.3, 0.4) is 0 Å². The zero-order valence-electron chi connectivity index (χ0n) is 49.5. The van der Waals surface area contributed by atoms with E-state index in [2.05, 4.69) is 33.8 Å². The van der Waals surface area contributed by atoms with Crippen molar-refractivity contribution < 1.29 is 138 Å². The minimum absolute atomic E-state index is 0.0113. The molecule has 5 saturated heterocycles. The van der Waals surface area contributed by atoms with Gasteiger partial charge in [-0.1, -0.05) is 46.3 Å². The van der Waals surface area contributed by atoms with Gasteiger partial charge in [0.25, 0.3) is 0 Å². The number of hydrogen-bond acceptors (Lipinski definition) is 26. The largest absolute Gasteiger partial charge is 0.481 e. The Hall–Kier alpha value is -2.73. The van der Waals surface area contributed by atoms with Gasteiger partial charge in [-0.05, 0) is 118 Å². The molecule has 5 aliphatic heterocycles. The average molecular weight is 1240 g/mol. The fourth-order valence-corrected chi connectivity index (χ4v) is 17.4. The van der Waals surface area contributed by atoms with Gasteiger partial charge in [-0.2, -0.15) is 0 Å². The van der Waals surface area contributed by atoms with E-state index in [1.54, 1.807) is 0 Å². The van der Waals surface area contributed by atoms with Gasteiger partial charge in [0, 0.05) is 0 Å². The minimum atomic E-state index is -2.14. The first-order chi connectivity index (χ1) is 40.1. The lowest BCUT2D eigenvalue weighted by Gasteiger charge is -2.71. The van der Waals surface area contributed by atoms with E-state index < -0.39 is 224 Å². The van der Waals surface area contributed by atoms with Gasteiger partial charge in [0.1, 0.15) is 91.6 Å². The fourth-order valence-electron chi connectivity index (χ4n) is 17.4. The Kier molecular flexibility index (Phi) is 18.3. The maximum atomic E-state index is 15.5. The summed E-state index contributed by atoms with van der Waals surface area (Å²) < 4.78 is 58.5. The van der Waals surface area contributed by atoms with Crippen molar-refractivity contribution in [2.45, 2.75) is 267 Å². The molecule has 28 nitrogen and oxygen atoms in total. The van der Waals surface area contributed by atoms with Crippen molar-refractivity contribution >= 4 is 17.9 Å². The third-order valence-electron chi connectivity index (χ3n) is 22.7. The number of carboxylic acids is 2. The van der Waals surface area contributed by atoms with Crippen molar-refractivity contribution in [3.05, 3.63) is 11.6 Å². The maximum absolute atomic E-state index is 15.5. The molecule has 0 aromatic heterocycles. The summed E-state index contributed by atoms with van der Waals surface area (Å²) in [5.41, 5.74) is -4.43. The lowest BCUT2D eigenvalue weighted by atomic mass is 9.33. The molecule has 0 aromatic rings. The predicted molar refractivity (Wildman–Crippen MR) is 285 cm³/mol. The van der Waals surface area contributed by atoms with Gasteiger partial charge >= 0.3 is 17.9 Å². The van der Waals surface area contributed by atoms with Crippen LogP contribution in [0, 0.1) is 50.2 Å². The van der Waals surface area contributed by atoms with E-state index in [1.807, 2.05) is 6.92 Å². The van der Waals surface area contributed by atoms with Gasteiger partial charge in [0.2, 0.25) is 6.29 Å². The second-order valence-electron chi connectivity index (χ2n) is 28.1. The molecule has 0 bridgehead atoms. The average Bonchev–Trinajstić information content (AvgIpc) is 0.675. The number of ether oxygens (including phenoxy) is 10. The van der Waals surface area contributed by atoms with Crippen LogP contribution >= 0.6 is 0 Å². The molecule has 0 radical (unpaired) electrons. The smallest absolute Gasteiger partial charge is 0.335 e. The Morgan fingerprint density at radius 1 is 0.523 bits per heavy atom. The van der Waals surface area contributed by atoms with Gasteiger partial charge in [0.05, 0.1) is 42.4 Å². The number of aliphatic hydroxyl groups is 13. The highest BCUT2D eigenvalue weighted by atomic mass is 16.8. The molecule has 0 spiro atoms. The Morgan fingerprint density at radius 3 is 1.67 bits per heavy atom. The summed E-state index contributed by atoms with van der Waals surface area (Å²) in [7, 11) is 0. The number of carbonyl (C=O) groups is 3. The first-order valence-electron chi connectivity index (χ1n) is 30.1. The number of fused-ring (bicyclic) bond motifs is 7. The molecule has 10 rings (SSSR count). The van der Waals surface area contributed by atoms with Crippen LogP contribution in [0.25, 0.3) is 0 Å². The Bertz CT molecular complexity index is 2520. The highest BCUT2D eigenvalue weighted by Gasteiger charge is 2.73. The summed E-state index contributed by atoms with van der Waals surface area (Å²) >= 11 is 0. The molecule has 4 saturated carbocycles. The third-order valence-corrected chi connectivity index (χ3v) is 22.7. The predicted octanol–water partition coefficient (Wildman–Crippen LogP) is -2.75. The van der Waals surface area contributed by atoms with Crippen LogP contribution in [0.1, 0.15) is 113 Å². The Balaban J connectivity index is 0.890. The minimum Gasteiger partial charge on any atom is -0.481 e. The van der Waals surface area contributed by atoms with E-state index in [-0.39, 0.29) is 17.8 Å². The van der Waals surface area contributed by atoms with Gasteiger partial charge in [-0.25, -0.2) is 4.79 Å². The zero-order valence-corrected chi connectivity index (χ0v) is 49.5. The second kappa shape index (κ2) is 23.7. The van der Waals surface area contributed by atoms with E-state index in [0.717, 1.165) is 5.57 Å². The van der Waals surface area contributed by atoms with Crippen molar-refractivity contribution in [2.75, 3.05) is 13.2 Å². The van der Waals surface area contributed by atoms with Crippen LogP contribution in [0.4, 0.5) is 0 Å². The van der Waals surface area contributed by atoms with Crippen molar-refractivity contribution in [3.63, 3.8) is 0 Å². The van der Waals surface area contributed by atoms with Crippen LogP contribution in [0.15, 0.2) is 11.6 Å². The van der Waals surface area contributed by atoms with Crippen LogP contribution in [0.5, 0.6) is 0 Å². The monoisotopic (exact) mass is 1230 g/mol. The lowest BCUT2D eigenvalue weighted by Crippen LogP contribution is -2.70. The van der Waals surface area contributed by atoms with Crippen LogP contribution < -0.4 is 0 Å². The van der Waals surface area contributed by atoms with E-state index >= 15 is 4.79 Å². The fraction of sp³-hybridized carbons (Fsp3) is 0.914. The summed E-state index contributed by atoms with van der Waals surface area (Å²) in [6, 6.07) is 0. The summed E-state index contributed by atoms with van der Waals surface area (Å²) in [5.74, 6) is -5.11. The number of carboxylic acid groups (broad SMARTS) is 2. The van der Waals surface area contributed by atoms with Gasteiger partial charge < -0.3 is 124 Å². The van der Waals surface area contributed by atoms with Crippen LogP contribution in [-0.4, -0.2) is 261 Å². The number of rotatable bonds is 12. The van der Waals surface area contributed by atoms with E-state index in [4.69, 9.17) is 47.4 Å². The van der Waals surface area contributed by atoms with Crippen molar-refractivity contribution in [3.8, 4) is 0 Å². The first kappa shape index (κ1) is 66.2. The van der Waals surface area contributed by atoms with Crippen molar-refractivity contribution in [1.29, 1.82) is 0 Å². The maximum Gasteiger partial charge on any atom is 0.335 e. The molecular formula is C58H90O28. The Labute approximate surface area is 496 Å². The number of aliphatic hydroxyl groups excluding tert-OH is 13. The second-order valence-corrected chi connectivity index (χ2v) is 28.1. The number of allylic oxidation sites excluding steroid dienone is 2. The molecular weight excluding hydrogens is 1140 g/mol. The van der Waals surface area contributed by atoms with Crippen molar-refractivity contribution in [2.24, 2.45) is 50.2 Å². The molecule has 10 aliphatic rings. The van der Waals surface area contributed by atoms with Crippen LogP contribution in [0.2, 0.25) is 0 Å².